The molecule has 3 rings (SSSR count). The highest BCUT2D eigenvalue weighted by atomic mass is 32.2. The molecule has 2 atom stereocenters. The summed E-state index contributed by atoms with van der Waals surface area (Å²) in [6.07, 6.45) is 5.02. The number of hydrogen-bond acceptors (Lipinski definition) is 4. The Morgan fingerprint density at radius 1 is 1.29 bits per heavy atom. The monoisotopic (exact) mass is 323 g/mol. The van der Waals surface area contributed by atoms with Gasteiger partial charge in [-0.3, -0.25) is 0 Å². The van der Waals surface area contributed by atoms with Crippen molar-refractivity contribution in [1.82, 2.24) is 5.32 Å². The number of nitrogens with one attached hydrogen (secondary N) is 1. The lowest BCUT2D eigenvalue weighted by Crippen LogP contribution is -2.38. The van der Waals surface area contributed by atoms with Crippen LogP contribution in [0.4, 0.5) is 0 Å². The number of fused-ring (bicyclic) bond motifs is 1. The average Bonchev–Trinajstić information content (AvgIpc) is 2.87. The third-order valence-corrected chi connectivity index (χ3v) is 7.03. The second-order valence-corrected chi connectivity index (χ2v) is 9.44. The fourth-order valence-electron chi connectivity index (χ4n) is 3.09. The van der Waals surface area contributed by atoms with E-state index in [4.69, 9.17) is 0 Å². The van der Waals surface area contributed by atoms with Crippen LogP contribution in [0.15, 0.2) is 30.3 Å². The first-order valence-electron chi connectivity index (χ1n) is 7.42. The van der Waals surface area contributed by atoms with Crippen LogP contribution in [0.2, 0.25) is 0 Å². The van der Waals surface area contributed by atoms with E-state index in [9.17, 15) is 8.42 Å². The van der Waals surface area contributed by atoms with Gasteiger partial charge in [0.2, 0.25) is 0 Å². The van der Waals surface area contributed by atoms with E-state index in [1.165, 1.54) is 21.2 Å². The number of rotatable bonds is 4. The molecule has 1 N–H and O–H groups in total. The van der Waals surface area contributed by atoms with Crippen molar-refractivity contribution in [2.24, 2.45) is 0 Å². The molecule has 5 heteroatoms. The quantitative estimate of drug-likeness (QED) is 0.938. The van der Waals surface area contributed by atoms with Crippen LogP contribution >= 0.6 is 11.3 Å². The first kappa shape index (κ1) is 15.0. The summed E-state index contributed by atoms with van der Waals surface area (Å²) in [4.78, 5) is 1.32. The Balaban J connectivity index is 1.62. The molecule has 0 radical (unpaired) electrons. The molecule has 1 aliphatic carbocycles. The molecular weight excluding hydrogens is 302 g/mol. The maximum Gasteiger partial charge on any atom is 0.150 e. The Hall–Kier alpha value is -0.910. The van der Waals surface area contributed by atoms with Crippen molar-refractivity contribution >= 4 is 31.3 Å². The predicted molar refractivity (Wildman–Crippen MR) is 89.6 cm³/mol. The summed E-state index contributed by atoms with van der Waals surface area (Å²) in [5.74, 6) is 0. The van der Waals surface area contributed by atoms with Crippen LogP contribution < -0.4 is 5.32 Å². The number of sulfone groups is 1. The molecule has 21 heavy (non-hydrogen) atoms. The second kappa shape index (κ2) is 6.07. The Kier molecular flexibility index (Phi) is 4.33. The van der Waals surface area contributed by atoms with Crippen LogP contribution in [-0.2, 0) is 16.4 Å². The summed E-state index contributed by atoms with van der Waals surface area (Å²) >= 11 is 1.81. The molecule has 0 unspecified atom stereocenters. The van der Waals surface area contributed by atoms with Gasteiger partial charge < -0.3 is 5.32 Å². The summed E-state index contributed by atoms with van der Waals surface area (Å²) in [5.41, 5.74) is 0. The standard InChI is InChI=1S/C16H21NO2S2/c1-21(18,19)15-7-4-6-13(10-15)17-11-14-9-12-5-2-3-8-16(12)20-14/h2-3,5,8-9,13,15,17H,4,6-7,10-11H2,1H3/t13-,15+/m0/s1. The second-order valence-electron chi connectivity index (χ2n) is 5.95. The summed E-state index contributed by atoms with van der Waals surface area (Å²) in [7, 11) is -2.90. The van der Waals surface area contributed by atoms with E-state index in [-0.39, 0.29) is 5.25 Å². The highest BCUT2D eigenvalue weighted by Crippen LogP contribution is 2.27. The van der Waals surface area contributed by atoms with Crippen molar-refractivity contribution in [2.45, 2.75) is 43.5 Å². The number of benzene rings is 1. The molecule has 3 nitrogen and oxygen atoms in total. The zero-order valence-corrected chi connectivity index (χ0v) is 13.8. The summed E-state index contributed by atoms with van der Waals surface area (Å²) < 4.78 is 24.7. The van der Waals surface area contributed by atoms with Crippen molar-refractivity contribution in [3.05, 3.63) is 35.2 Å². The molecule has 114 valence electrons. The highest BCUT2D eigenvalue weighted by molar-refractivity contribution is 7.91. The maximum absolute atomic E-state index is 11.7. The van der Waals surface area contributed by atoms with E-state index in [0.29, 0.717) is 6.04 Å². The molecule has 0 spiro atoms. The lowest BCUT2D eigenvalue weighted by atomic mass is 9.95. The normalized spacial score (nSPS) is 23.5. The number of thiophene rings is 1. The molecule has 0 bridgehead atoms. The molecular formula is C16H21NO2S2. The van der Waals surface area contributed by atoms with Gasteiger partial charge in [-0.1, -0.05) is 24.6 Å². The molecule has 1 fully saturated rings. The van der Waals surface area contributed by atoms with Crippen LogP contribution in [0.5, 0.6) is 0 Å². The Morgan fingerprint density at radius 2 is 2.10 bits per heavy atom. The van der Waals surface area contributed by atoms with Crippen molar-refractivity contribution in [2.75, 3.05) is 6.26 Å². The Labute approximate surface area is 130 Å². The topological polar surface area (TPSA) is 46.2 Å². The van der Waals surface area contributed by atoms with E-state index in [1.807, 2.05) is 11.3 Å². The lowest BCUT2D eigenvalue weighted by molar-refractivity contribution is 0.372. The molecule has 1 aliphatic rings. The minimum atomic E-state index is -2.90. The van der Waals surface area contributed by atoms with Gasteiger partial charge in [0.15, 0.2) is 0 Å². The third-order valence-electron chi connectivity index (χ3n) is 4.27. The maximum atomic E-state index is 11.7. The average molecular weight is 323 g/mol. The van der Waals surface area contributed by atoms with Gasteiger partial charge in [0.25, 0.3) is 0 Å². The van der Waals surface area contributed by atoms with Gasteiger partial charge in [0.1, 0.15) is 9.84 Å². The van der Waals surface area contributed by atoms with Crippen molar-refractivity contribution in [3.63, 3.8) is 0 Å². The molecule has 0 aliphatic heterocycles. The lowest BCUT2D eigenvalue weighted by Gasteiger charge is -2.28. The van der Waals surface area contributed by atoms with Crippen LogP contribution in [0.25, 0.3) is 10.1 Å². The molecule has 0 saturated heterocycles. The molecule has 0 amide bonds. The van der Waals surface area contributed by atoms with E-state index >= 15 is 0 Å². The van der Waals surface area contributed by atoms with Gasteiger partial charge in [0, 0.05) is 28.4 Å². The van der Waals surface area contributed by atoms with Gasteiger partial charge >= 0.3 is 0 Å². The zero-order valence-electron chi connectivity index (χ0n) is 12.2. The minimum absolute atomic E-state index is 0.161. The van der Waals surface area contributed by atoms with Crippen LogP contribution in [0, 0.1) is 0 Å². The Bertz CT molecular complexity index is 688. The predicted octanol–water partition coefficient (Wildman–Crippen LogP) is 3.35. The van der Waals surface area contributed by atoms with Gasteiger partial charge in [0.05, 0.1) is 5.25 Å². The fourth-order valence-corrected chi connectivity index (χ4v) is 5.28. The summed E-state index contributed by atoms with van der Waals surface area (Å²) in [6.45, 7) is 0.834. The van der Waals surface area contributed by atoms with Crippen molar-refractivity contribution < 1.29 is 8.42 Å². The van der Waals surface area contributed by atoms with Crippen LogP contribution in [0.1, 0.15) is 30.6 Å². The van der Waals surface area contributed by atoms with Gasteiger partial charge in [-0.2, -0.15) is 0 Å². The van der Waals surface area contributed by atoms with Gasteiger partial charge in [-0.15, -0.1) is 11.3 Å². The Morgan fingerprint density at radius 3 is 2.86 bits per heavy atom. The molecule has 2 aromatic rings. The van der Waals surface area contributed by atoms with E-state index < -0.39 is 9.84 Å². The van der Waals surface area contributed by atoms with Gasteiger partial charge in [-0.05, 0) is 36.8 Å². The summed E-state index contributed by atoms with van der Waals surface area (Å²) in [6, 6.07) is 10.9. The van der Waals surface area contributed by atoms with Crippen molar-refractivity contribution in [3.8, 4) is 0 Å². The summed E-state index contributed by atoms with van der Waals surface area (Å²) in [5, 5.41) is 4.67. The smallest absolute Gasteiger partial charge is 0.150 e. The van der Waals surface area contributed by atoms with Crippen LogP contribution in [-0.4, -0.2) is 26.0 Å². The molecule has 1 heterocycles. The van der Waals surface area contributed by atoms with E-state index in [0.717, 1.165) is 32.2 Å². The fraction of sp³-hybridized carbons (Fsp3) is 0.500. The van der Waals surface area contributed by atoms with E-state index in [1.54, 1.807) is 0 Å². The van der Waals surface area contributed by atoms with Crippen LogP contribution in [0.3, 0.4) is 0 Å². The van der Waals surface area contributed by atoms with Crippen molar-refractivity contribution in [1.29, 1.82) is 0 Å². The molecule has 1 aromatic heterocycles. The molecule has 1 aromatic carbocycles. The van der Waals surface area contributed by atoms with E-state index in [2.05, 4.69) is 35.6 Å². The SMILES string of the molecule is CS(=O)(=O)[C@@H]1CCC[C@H](NCc2cc3ccccc3s2)C1. The first-order valence-corrected chi connectivity index (χ1v) is 10.2. The highest BCUT2D eigenvalue weighted by Gasteiger charge is 2.28. The van der Waals surface area contributed by atoms with Gasteiger partial charge in [-0.25, -0.2) is 8.42 Å². The zero-order chi connectivity index (χ0) is 14.9. The number of hydrogen-bond donors (Lipinski definition) is 1. The largest absolute Gasteiger partial charge is 0.309 e. The molecule has 1 saturated carbocycles. The minimum Gasteiger partial charge on any atom is -0.309 e. The third kappa shape index (κ3) is 3.65. The first-order chi connectivity index (χ1) is 10.0.